The maximum Gasteiger partial charge on any atom is 0.279 e. The molecule has 1 aliphatic heterocycles. The van der Waals surface area contributed by atoms with Crippen molar-refractivity contribution < 1.29 is 8.42 Å². The number of sulfonamides is 1. The number of pyridine rings is 1. The Morgan fingerprint density at radius 3 is 2.60 bits per heavy atom. The van der Waals surface area contributed by atoms with Crippen LogP contribution in [0.15, 0.2) is 47.6 Å². The van der Waals surface area contributed by atoms with Crippen LogP contribution >= 0.6 is 0 Å². The number of aryl methyl sites for hydroxylation is 1. The topological polar surface area (TPSA) is 62.3 Å². The molecular weight excluding hydrogens is 334 g/mol. The zero-order chi connectivity index (χ0) is 17.9. The summed E-state index contributed by atoms with van der Waals surface area (Å²) in [6.45, 7) is 7.47. The van der Waals surface area contributed by atoms with Gasteiger partial charge in [-0.15, -0.1) is 0 Å². The van der Waals surface area contributed by atoms with Crippen molar-refractivity contribution in [1.29, 1.82) is 0 Å². The van der Waals surface area contributed by atoms with Gasteiger partial charge in [-0.1, -0.05) is 25.1 Å². The molecule has 1 aliphatic rings. The quantitative estimate of drug-likeness (QED) is 0.859. The molecule has 1 saturated heterocycles. The Hall–Kier alpha value is -1.92. The molecule has 3 rings (SSSR count). The van der Waals surface area contributed by atoms with E-state index in [-0.39, 0.29) is 5.03 Å². The summed E-state index contributed by atoms with van der Waals surface area (Å²) in [6.07, 6.45) is 3.90. The van der Waals surface area contributed by atoms with E-state index in [4.69, 9.17) is 0 Å². The van der Waals surface area contributed by atoms with Gasteiger partial charge in [-0.25, -0.2) is 4.98 Å². The van der Waals surface area contributed by atoms with E-state index >= 15 is 0 Å². The van der Waals surface area contributed by atoms with Crippen molar-refractivity contribution in [3.8, 4) is 0 Å². The van der Waals surface area contributed by atoms with Crippen LogP contribution in [0.2, 0.25) is 0 Å². The first kappa shape index (κ1) is 17.9. The fourth-order valence-electron chi connectivity index (χ4n) is 3.27. The maximum absolute atomic E-state index is 12.4. The predicted molar refractivity (Wildman–Crippen MR) is 100 cm³/mol. The monoisotopic (exact) mass is 359 g/mol. The molecule has 0 unspecified atom stereocenters. The third-order valence-corrected chi connectivity index (χ3v) is 5.90. The SMILES string of the molecule is CCCN1CC[C@@H](c2ccc(NS(=O)(=O)c3ccc(C)cn3)cc2)C1. The third-order valence-electron chi connectivity index (χ3n) is 4.61. The minimum absolute atomic E-state index is 0.0353. The van der Waals surface area contributed by atoms with Crippen LogP contribution in [0, 0.1) is 6.92 Å². The molecule has 1 fully saturated rings. The van der Waals surface area contributed by atoms with Crippen LogP contribution in [0.3, 0.4) is 0 Å². The number of hydrogen-bond acceptors (Lipinski definition) is 4. The van der Waals surface area contributed by atoms with Crippen LogP contribution in [0.4, 0.5) is 5.69 Å². The first-order valence-corrected chi connectivity index (χ1v) is 10.2. The molecule has 0 saturated carbocycles. The number of hydrogen-bond donors (Lipinski definition) is 1. The summed E-state index contributed by atoms with van der Waals surface area (Å²) in [5.41, 5.74) is 2.77. The number of anilines is 1. The molecule has 6 heteroatoms. The van der Waals surface area contributed by atoms with Gasteiger partial charge >= 0.3 is 0 Å². The molecule has 2 aromatic rings. The minimum Gasteiger partial charge on any atom is -0.303 e. The highest BCUT2D eigenvalue weighted by Gasteiger charge is 2.23. The molecule has 5 nitrogen and oxygen atoms in total. The Balaban J connectivity index is 1.67. The van der Waals surface area contributed by atoms with Gasteiger partial charge in [-0.05, 0) is 68.1 Å². The van der Waals surface area contributed by atoms with Crippen LogP contribution in [-0.4, -0.2) is 37.9 Å². The van der Waals surface area contributed by atoms with E-state index in [1.807, 2.05) is 31.2 Å². The van der Waals surface area contributed by atoms with Gasteiger partial charge < -0.3 is 4.90 Å². The molecule has 134 valence electrons. The molecule has 0 amide bonds. The number of rotatable bonds is 6. The lowest BCUT2D eigenvalue weighted by atomic mass is 9.98. The molecular formula is C19H25N3O2S. The zero-order valence-corrected chi connectivity index (χ0v) is 15.6. The molecule has 1 N–H and O–H groups in total. The van der Waals surface area contributed by atoms with Gasteiger partial charge in [-0.3, -0.25) is 4.72 Å². The normalized spacial score (nSPS) is 18.4. The Labute approximate surface area is 150 Å². The number of aromatic nitrogens is 1. The number of nitrogens with zero attached hydrogens (tertiary/aromatic N) is 2. The van der Waals surface area contributed by atoms with E-state index < -0.39 is 10.0 Å². The molecule has 1 atom stereocenters. The summed E-state index contributed by atoms with van der Waals surface area (Å²) < 4.78 is 27.4. The van der Waals surface area contributed by atoms with E-state index in [1.165, 1.54) is 24.5 Å². The second-order valence-electron chi connectivity index (χ2n) is 6.69. The van der Waals surface area contributed by atoms with Crippen LogP contribution in [0.1, 0.15) is 36.8 Å². The maximum atomic E-state index is 12.4. The van der Waals surface area contributed by atoms with Gasteiger partial charge in [0.05, 0.1) is 0 Å². The Kier molecular flexibility index (Phi) is 5.39. The van der Waals surface area contributed by atoms with Gasteiger partial charge in [0.1, 0.15) is 0 Å². The summed E-state index contributed by atoms with van der Waals surface area (Å²) in [4.78, 5) is 6.49. The van der Waals surface area contributed by atoms with Gasteiger partial charge in [-0.2, -0.15) is 8.42 Å². The summed E-state index contributed by atoms with van der Waals surface area (Å²) in [7, 11) is -3.65. The Bertz CT molecular complexity index is 802. The van der Waals surface area contributed by atoms with Crippen molar-refractivity contribution in [3.63, 3.8) is 0 Å². The zero-order valence-electron chi connectivity index (χ0n) is 14.8. The lowest BCUT2D eigenvalue weighted by Gasteiger charge is -2.15. The molecule has 0 aliphatic carbocycles. The average molecular weight is 359 g/mol. The predicted octanol–water partition coefficient (Wildman–Crippen LogP) is 3.39. The van der Waals surface area contributed by atoms with Gasteiger partial charge in [0.25, 0.3) is 10.0 Å². The highest BCUT2D eigenvalue weighted by Crippen LogP contribution is 2.28. The second kappa shape index (κ2) is 7.54. The Morgan fingerprint density at radius 2 is 1.96 bits per heavy atom. The van der Waals surface area contributed by atoms with E-state index in [0.717, 1.165) is 25.2 Å². The molecule has 1 aromatic carbocycles. The van der Waals surface area contributed by atoms with Crippen molar-refractivity contribution in [3.05, 3.63) is 53.7 Å². The van der Waals surface area contributed by atoms with Gasteiger partial charge in [0, 0.05) is 18.4 Å². The Morgan fingerprint density at radius 1 is 1.20 bits per heavy atom. The summed E-state index contributed by atoms with van der Waals surface area (Å²) in [5.74, 6) is 0.538. The first-order valence-electron chi connectivity index (χ1n) is 8.76. The van der Waals surface area contributed by atoms with Crippen LogP contribution in [-0.2, 0) is 10.0 Å². The fraction of sp³-hybridized carbons (Fsp3) is 0.421. The first-order chi connectivity index (χ1) is 12.0. The van der Waals surface area contributed by atoms with E-state index in [1.54, 1.807) is 12.3 Å². The van der Waals surface area contributed by atoms with Crippen molar-refractivity contribution in [2.45, 2.75) is 37.6 Å². The minimum atomic E-state index is -3.65. The van der Waals surface area contributed by atoms with Crippen LogP contribution in [0.25, 0.3) is 0 Å². The van der Waals surface area contributed by atoms with Crippen molar-refractivity contribution >= 4 is 15.7 Å². The van der Waals surface area contributed by atoms with Gasteiger partial charge in [0.2, 0.25) is 0 Å². The van der Waals surface area contributed by atoms with E-state index in [2.05, 4.69) is 21.5 Å². The molecule has 25 heavy (non-hydrogen) atoms. The molecule has 0 bridgehead atoms. The third kappa shape index (κ3) is 4.38. The number of benzene rings is 1. The highest BCUT2D eigenvalue weighted by molar-refractivity contribution is 7.92. The lowest BCUT2D eigenvalue weighted by Crippen LogP contribution is -2.20. The largest absolute Gasteiger partial charge is 0.303 e. The molecule has 2 heterocycles. The van der Waals surface area contributed by atoms with Gasteiger partial charge in [0.15, 0.2) is 5.03 Å². The highest BCUT2D eigenvalue weighted by atomic mass is 32.2. The number of nitrogens with one attached hydrogen (secondary N) is 1. The smallest absolute Gasteiger partial charge is 0.279 e. The second-order valence-corrected chi connectivity index (χ2v) is 8.32. The average Bonchev–Trinajstić information content (AvgIpc) is 3.05. The van der Waals surface area contributed by atoms with Crippen LogP contribution < -0.4 is 4.72 Å². The molecule has 1 aromatic heterocycles. The van der Waals surface area contributed by atoms with E-state index in [9.17, 15) is 8.42 Å². The van der Waals surface area contributed by atoms with E-state index in [0.29, 0.717) is 11.6 Å². The molecule has 0 radical (unpaired) electrons. The van der Waals surface area contributed by atoms with Crippen molar-refractivity contribution in [2.75, 3.05) is 24.4 Å². The fourth-order valence-corrected chi connectivity index (χ4v) is 4.26. The van der Waals surface area contributed by atoms with Crippen molar-refractivity contribution in [2.24, 2.45) is 0 Å². The summed E-state index contributed by atoms with van der Waals surface area (Å²) >= 11 is 0. The standard InChI is InChI=1S/C19H25N3O2S/c1-3-11-22-12-10-17(14-22)16-5-7-18(8-6-16)21-25(23,24)19-9-4-15(2)13-20-19/h4-9,13,17,21H,3,10-12,14H2,1-2H3/t17-/m1/s1. The summed E-state index contributed by atoms with van der Waals surface area (Å²) in [6, 6.07) is 11.0. The van der Waals surface area contributed by atoms with Crippen molar-refractivity contribution in [1.82, 2.24) is 9.88 Å². The lowest BCUT2D eigenvalue weighted by molar-refractivity contribution is 0.335. The molecule has 0 spiro atoms. The summed E-state index contributed by atoms with van der Waals surface area (Å²) in [5, 5.41) is 0.0353. The van der Waals surface area contributed by atoms with Crippen LogP contribution in [0.5, 0.6) is 0 Å². The number of likely N-dealkylation sites (tertiary alicyclic amines) is 1.